The molecule has 0 saturated carbocycles. The number of primary amides is 1. The van der Waals surface area contributed by atoms with Crippen molar-refractivity contribution in [3.63, 3.8) is 0 Å². The van der Waals surface area contributed by atoms with E-state index in [4.69, 9.17) is 5.73 Å². The average Bonchev–Trinajstić information content (AvgIpc) is 2.61. The van der Waals surface area contributed by atoms with Crippen LogP contribution in [0.1, 0.15) is 59.3 Å². The maximum absolute atomic E-state index is 13.3. The quantitative estimate of drug-likeness (QED) is 0.659. The summed E-state index contributed by atoms with van der Waals surface area (Å²) in [6.07, 6.45) is 4.43. The number of amides is 3. The molecule has 0 aromatic rings. The average molecular weight is 381 g/mol. The van der Waals surface area contributed by atoms with Crippen molar-refractivity contribution in [1.82, 2.24) is 15.1 Å². The van der Waals surface area contributed by atoms with E-state index < -0.39 is 0 Å². The zero-order valence-corrected chi connectivity index (χ0v) is 17.1. The molecule has 7 nitrogen and oxygen atoms in total. The van der Waals surface area contributed by atoms with Crippen LogP contribution in [0, 0.1) is 11.8 Å². The van der Waals surface area contributed by atoms with Crippen LogP contribution in [-0.4, -0.2) is 65.8 Å². The van der Waals surface area contributed by atoms with Gasteiger partial charge in [-0.05, 0) is 37.5 Å². The Balaban J connectivity index is 2.06. The van der Waals surface area contributed by atoms with Gasteiger partial charge < -0.3 is 20.9 Å². The van der Waals surface area contributed by atoms with Crippen LogP contribution in [0.3, 0.4) is 0 Å². The summed E-state index contributed by atoms with van der Waals surface area (Å²) in [6.45, 7) is 8.86. The summed E-state index contributed by atoms with van der Waals surface area (Å²) in [5.74, 6) is 0.451. The standard InChI is InChI=1S/C20H36N4O3/c1-4-5-16-19(26)24(11-8-22-16)17(12-14(2)3)20(27)23-9-6-15(7-10-23)13-18(21)25/h14-17,22H,4-13H2,1-3H3,(H2,21,25). The molecule has 0 bridgehead atoms. The molecule has 0 spiro atoms. The molecule has 2 fully saturated rings. The van der Waals surface area contributed by atoms with Crippen LogP contribution >= 0.6 is 0 Å². The van der Waals surface area contributed by atoms with Gasteiger partial charge in [0, 0.05) is 32.6 Å². The van der Waals surface area contributed by atoms with Crippen LogP contribution in [0.2, 0.25) is 0 Å². The number of hydrogen-bond donors (Lipinski definition) is 2. The summed E-state index contributed by atoms with van der Waals surface area (Å²) < 4.78 is 0. The van der Waals surface area contributed by atoms with Crippen LogP contribution in [0.4, 0.5) is 0 Å². The third-order valence-electron chi connectivity index (χ3n) is 5.67. The first kappa shape index (κ1) is 21.7. The van der Waals surface area contributed by atoms with Gasteiger partial charge in [0.2, 0.25) is 17.7 Å². The van der Waals surface area contributed by atoms with Crippen LogP contribution in [-0.2, 0) is 14.4 Å². The van der Waals surface area contributed by atoms with E-state index in [0.717, 1.165) is 32.2 Å². The maximum atomic E-state index is 13.3. The minimum atomic E-state index is -0.383. The molecular formula is C20H36N4O3. The van der Waals surface area contributed by atoms with E-state index in [-0.39, 0.29) is 35.7 Å². The Morgan fingerprint density at radius 1 is 1.22 bits per heavy atom. The highest BCUT2D eigenvalue weighted by atomic mass is 16.2. The van der Waals surface area contributed by atoms with E-state index in [1.165, 1.54) is 0 Å². The third-order valence-corrected chi connectivity index (χ3v) is 5.67. The van der Waals surface area contributed by atoms with Gasteiger partial charge in [-0.25, -0.2) is 0 Å². The maximum Gasteiger partial charge on any atom is 0.245 e. The molecule has 3 N–H and O–H groups in total. The Morgan fingerprint density at radius 2 is 1.89 bits per heavy atom. The molecule has 0 aromatic carbocycles. The molecule has 0 radical (unpaired) electrons. The van der Waals surface area contributed by atoms with Crippen molar-refractivity contribution in [2.75, 3.05) is 26.2 Å². The fraction of sp³-hybridized carbons (Fsp3) is 0.850. The van der Waals surface area contributed by atoms with Crippen molar-refractivity contribution >= 4 is 17.7 Å². The Kier molecular flexibility index (Phi) is 8.07. The van der Waals surface area contributed by atoms with Gasteiger partial charge in [-0.3, -0.25) is 14.4 Å². The molecule has 2 saturated heterocycles. The number of nitrogens with one attached hydrogen (secondary N) is 1. The number of nitrogens with zero attached hydrogens (tertiary/aromatic N) is 2. The number of hydrogen-bond acceptors (Lipinski definition) is 4. The largest absolute Gasteiger partial charge is 0.370 e. The topological polar surface area (TPSA) is 95.7 Å². The highest BCUT2D eigenvalue weighted by Crippen LogP contribution is 2.24. The number of rotatable bonds is 8. The molecule has 0 aliphatic carbocycles. The minimum Gasteiger partial charge on any atom is -0.370 e. The first-order valence-corrected chi connectivity index (χ1v) is 10.4. The summed E-state index contributed by atoms with van der Waals surface area (Å²) in [4.78, 5) is 41.1. The SMILES string of the molecule is CCCC1NCCN(C(CC(C)C)C(=O)N2CCC(CC(N)=O)CC2)C1=O. The molecule has 7 heteroatoms. The number of likely N-dealkylation sites (tertiary alicyclic amines) is 1. The molecule has 2 heterocycles. The number of nitrogens with two attached hydrogens (primary N) is 1. The second-order valence-corrected chi connectivity index (χ2v) is 8.41. The highest BCUT2D eigenvalue weighted by Gasteiger charge is 2.38. The first-order chi connectivity index (χ1) is 12.8. The van der Waals surface area contributed by atoms with Gasteiger partial charge in [0.25, 0.3) is 0 Å². The monoisotopic (exact) mass is 380 g/mol. The van der Waals surface area contributed by atoms with E-state index in [9.17, 15) is 14.4 Å². The number of piperazine rings is 1. The highest BCUT2D eigenvalue weighted by molar-refractivity contribution is 5.90. The molecule has 2 atom stereocenters. The number of carbonyl (C=O) groups is 3. The van der Waals surface area contributed by atoms with Crippen molar-refractivity contribution in [3.05, 3.63) is 0 Å². The van der Waals surface area contributed by atoms with Crippen molar-refractivity contribution < 1.29 is 14.4 Å². The van der Waals surface area contributed by atoms with Gasteiger partial charge >= 0.3 is 0 Å². The smallest absolute Gasteiger partial charge is 0.245 e. The van der Waals surface area contributed by atoms with Crippen molar-refractivity contribution in [2.45, 2.75) is 71.4 Å². The van der Waals surface area contributed by atoms with Crippen LogP contribution in [0.15, 0.2) is 0 Å². The minimum absolute atomic E-state index is 0.0608. The molecule has 3 amide bonds. The van der Waals surface area contributed by atoms with Gasteiger partial charge in [-0.2, -0.15) is 0 Å². The Labute approximate surface area is 163 Å². The van der Waals surface area contributed by atoms with Gasteiger partial charge in [0.15, 0.2) is 0 Å². The fourth-order valence-corrected chi connectivity index (χ4v) is 4.24. The molecule has 2 aliphatic heterocycles. The zero-order chi connectivity index (χ0) is 20.0. The van der Waals surface area contributed by atoms with E-state index in [0.29, 0.717) is 38.4 Å². The molecule has 2 unspecified atom stereocenters. The lowest BCUT2D eigenvalue weighted by molar-refractivity contribution is -0.150. The van der Waals surface area contributed by atoms with Gasteiger partial charge in [0.05, 0.1) is 6.04 Å². The second-order valence-electron chi connectivity index (χ2n) is 8.41. The van der Waals surface area contributed by atoms with Gasteiger partial charge in [-0.1, -0.05) is 27.2 Å². The molecule has 0 aromatic heterocycles. The molecular weight excluding hydrogens is 344 g/mol. The van der Waals surface area contributed by atoms with E-state index >= 15 is 0 Å². The molecule has 27 heavy (non-hydrogen) atoms. The van der Waals surface area contributed by atoms with Crippen molar-refractivity contribution in [3.8, 4) is 0 Å². The summed E-state index contributed by atoms with van der Waals surface area (Å²) in [5, 5.41) is 3.29. The first-order valence-electron chi connectivity index (χ1n) is 10.4. The van der Waals surface area contributed by atoms with Gasteiger partial charge in [0.1, 0.15) is 6.04 Å². The summed E-state index contributed by atoms with van der Waals surface area (Å²) >= 11 is 0. The molecule has 154 valence electrons. The van der Waals surface area contributed by atoms with Crippen molar-refractivity contribution in [2.24, 2.45) is 17.6 Å². The molecule has 2 rings (SSSR count). The van der Waals surface area contributed by atoms with Crippen LogP contribution in [0.5, 0.6) is 0 Å². The predicted octanol–water partition coefficient (Wildman–Crippen LogP) is 1.12. The number of piperidine rings is 1. The second kappa shape index (κ2) is 10.1. The zero-order valence-electron chi connectivity index (χ0n) is 17.1. The van der Waals surface area contributed by atoms with E-state index in [2.05, 4.69) is 26.1 Å². The Morgan fingerprint density at radius 3 is 2.44 bits per heavy atom. The van der Waals surface area contributed by atoms with E-state index in [1.54, 1.807) is 0 Å². The fourth-order valence-electron chi connectivity index (χ4n) is 4.24. The third kappa shape index (κ3) is 5.92. The van der Waals surface area contributed by atoms with Gasteiger partial charge in [-0.15, -0.1) is 0 Å². The Hall–Kier alpha value is -1.63. The summed E-state index contributed by atoms with van der Waals surface area (Å²) in [7, 11) is 0. The molecule has 2 aliphatic rings. The summed E-state index contributed by atoms with van der Waals surface area (Å²) in [6, 6.07) is -0.556. The number of carbonyl (C=O) groups excluding carboxylic acids is 3. The van der Waals surface area contributed by atoms with E-state index in [1.807, 2.05) is 9.80 Å². The predicted molar refractivity (Wildman–Crippen MR) is 105 cm³/mol. The van der Waals surface area contributed by atoms with Crippen LogP contribution < -0.4 is 11.1 Å². The lowest BCUT2D eigenvalue weighted by Gasteiger charge is -2.41. The summed E-state index contributed by atoms with van der Waals surface area (Å²) in [5.41, 5.74) is 5.30. The van der Waals surface area contributed by atoms with Crippen molar-refractivity contribution in [1.29, 1.82) is 0 Å². The lowest BCUT2D eigenvalue weighted by Crippen LogP contribution is -2.62. The normalized spacial score (nSPS) is 23.0. The lowest BCUT2D eigenvalue weighted by atomic mass is 9.92. The Bertz CT molecular complexity index is 527. The van der Waals surface area contributed by atoms with Crippen LogP contribution in [0.25, 0.3) is 0 Å².